The van der Waals surface area contributed by atoms with E-state index in [2.05, 4.69) is 18.7 Å². The summed E-state index contributed by atoms with van der Waals surface area (Å²) >= 11 is 0. The normalized spacial score (nSPS) is 12.8. The van der Waals surface area contributed by atoms with Gasteiger partial charge in [0, 0.05) is 37.0 Å². The molecule has 3 nitrogen and oxygen atoms in total. The summed E-state index contributed by atoms with van der Waals surface area (Å²) in [5.41, 5.74) is 7.45. The van der Waals surface area contributed by atoms with Gasteiger partial charge < -0.3 is 15.4 Å². The number of halogens is 1. The standard InChI is InChI=1S/C15H25FN2O/c1-11(2)18(8-9-19-4)15-7-5-6-14(16)13(15)10-12(3)17/h5-7,11-12H,8-10,17H2,1-4H3. The van der Waals surface area contributed by atoms with E-state index in [-0.39, 0.29) is 17.9 Å². The lowest BCUT2D eigenvalue weighted by Gasteiger charge is -2.31. The zero-order chi connectivity index (χ0) is 14.4. The van der Waals surface area contributed by atoms with Gasteiger partial charge in [0.1, 0.15) is 5.82 Å². The van der Waals surface area contributed by atoms with Crippen LogP contribution in [-0.2, 0) is 11.2 Å². The second-order valence-corrected chi connectivity index (χ2v) is 5.20. The van der Waals surface area contributed by atoms with Gasteiger partial charge in [-0.3, -0.25) is 0 Å². The van der Waals surface area contributed by atoms with Crippen LogP contribution >= 0.6 is 0 Å². The van der Waals surface area contributed by atoms with Crippen LogP contribution in [0.3, 0.4) is 0 Å². The van der Waals surface area contributed by atoms with E-state index in [0.717, 1.165) is 12.2 Å². The molecule has 0 aliphatic carbocycles. The lowest BCUT2D eigenvalue weighted by atomic mass is 10.0. The molecule has 0 saturated heterocycles. The van der Waals surface area contributed by atoms with Crippen LogP contribution in [0.4, 0.5) is 10.1 Å². The molecule has 0 fully saturated rings. The van der Waals surface area contributed by atoms with Gasteiger partial charge in [0.15, 0.2) is 0 Å². The first-order chi connectivity index (χ1) is 8.97. The van der Waals surface area contributed by atoms with Gasteiger partial charge >= 0.3 is 0 Å². The van der Waals surface area contributed by atoms with Gasteiger partial charge in [0.05, 0.1) is 6.61 Å². The van der Waals surface area contributed by atoms with Gasteiger partial charge in [0.2, 0.25) is 0 Å². The van der Waals surface area contributed by atoms with Gasteiger partial charge in [0.25, 0.3) is 0 Å². The average molecular weight is 268 g/mol. The van der Waals surface area contributed by atoms with Crippen LogP contribution in [0, 0.1) is 5.82 Å². The van der Waals surface area contributed by atoms with E-state index >= 15 is 0 Å². The minimum absolute atomic E-state index is 0.0629. The Morgan fingerprint density at radius 3 is 2.53 bits per heavy atom. The van der Waals surface area contributed by atoms with E-state index in [1.165, 1.54) is 6.07 Å². The van der Waals surface area contributed by atoms with Crippen LogP contribution in [0.15, 0.2) is 18.2 Å². The Bertz CT molecular complexity index is 394. The SMILES string of the molecule is COCCN(c1cccc(F)c1CC(C)N)C(C)C. The van der Waals surface area contributed by atoms with Crippen molar-refractivity contribution in [3.05, 3.63) is 29.6 Å². The maximum atomic E-state index is 14.0. The molecule has 1 aromatic rings. The number of methoxy groups -OCH3 is 1. The minimum atomic E-state index is -0.183. The summed E-state index contributed by atoms with van der Waals surface area (Å²) in [7, 11) is 1.67. The van der Waals surface area contributed by atoms with E-state index in [4.69, 9.17) is 10.5 Å². The fourth-order valence-corrected chi connectivity index (χ4v) is 2.19. The first kappa shape index (κ1) is 15.9. The van der Waals surface area contributed by atoms with Crippen LogP contribution in [0.1, 0.15) is 26.3 Å². The molecule has 1 rings (SSSR count). The van der Waals surface area contributed by atoms with Crippen molar-refractivity contribution >= 4 is 5.69 Å². The number of rotatable bonds is 7. The summed E-state index contributed by atoms with van der Waals surface area (Å²) in [6, 6.07) is 5.42. The average Bonchev–Trinajstić information content (AvgIpc) is 2.32. The van der Waals surface area contributed by atoms with Gasteiger partial charge in [-0.05, 0) is 39.3 Å². The third kappa shape index (κ3) is 4.48. The lowest BCUT2D eigenvalue weighted by Crippen LogP contribution is -2.35. The summed E-state index contributed by atoms with van der Waals surface area (Å²) in [5.74, 6) is -0.183. The lowest BCUT2D eigenvalue weighted by molar-refractivity contribution is 0.203. The Balaban J connectivity index is 3.10. The highest BCUT2D eigenvalue weighted by atomic mass is 19.1. The highest BCUT2D eigenvalue weighted by Crippen LogP contribution is 2.26. The molecule has 1 aromatic carbocycles. The fourth-order valence-electron chi connectivity index (χ4n) is 2.19. The summed E-state index contributed by atoms with van der Waals surface area (Å²) < 4.78 is 19.2. The highest BCUT2D eigenvalue weighted by molar-refractivity contribution is 5.55. The maximum absolute atomic E-state index is 14.0. The number of hydrogen-bond donors (Lipinski definition) is 1. The Morgan fingerprint density at radius 2 is 2.00 bits per heavy atom. The van der Waals surface area contributed by atoms with Crippen LogP contribution < -0.4 is 10.6 Å². The third-order valence-electron chi connectivity index (χ3n) is 3.09. The molecular formula is C15H25FN2O. The topological polar surface area (TPSA) is 38.5 Å². The van der Waals surface area contributed by atoms with E-state index < -0.39 is 0 Å². The van der Waals surface area contributed by atoms with Crippen LogP contribution in [0.5, 0.6) is 0 Å². The Labute approximate surface area is 115 Å². The molecule has 0 radical (unpaired) electrons. The molecule has 1 unspecified atom stereocenters. The molecule has 0 heterocycles. The zero-order valence-electron chi connectivity index (χ0n) is 12.3. The van der Waals surface area contributed by atoms with E-state index in [9.17, 15) is 4.39 Å². The first-order valence-electron chi connectivity index (χ1n) is 6.76. The van der Waals surface area contributed by atoms with E-state index in [1.54, 1.807) is 13.2 Å². The van der Waals surface area contributed by atoms with Gasteiger partial charge in [-0.1, -0.05) is 6.07 Å². The number of nitrogens with zero attached hydrogens (tertiary/aromatic N) is 1. The fraction of sp³-hybridized carbons (Fsp3) is 0.600. The molecule has 19 heavy (non-hydrogen) atoms. The molecule has 0 saturated carbocycles. The molecule has 0 aliphatic rings. The van der Waals surface area contributed by atoms with Gasteiger partial charge in [-0.25, -0.2) is 4.39 Å². The Morgan fingerprint density at radius 1 is 1.32 bits per heavy atom. The van der Waals surface area contributed by atoms with Crippen molar-refractivity contribution in [3.8, 4) is 0 Å². The van der Waals surface area contributed by atoms with Crippen LogP contribution in [0.2, 0.25) is 0 Å². The third-order valence-corrected chi connectivity index (χ3v) is 3.09. The summed E-state index contributed by atoms with van der Waals surface area (Å²) in [6.45, 7) is 7.44. The van der Waals surface area contributed by atoms with Gasteiger partial charge in [-0.15, -0.1) is 0 Å². The molecule has 2 N–H and O–H groups in total. The first-order valence-corrected chi connectivity index (χ1v) is 6.76. The maximum Gasteiger partial charge on any atom is 0.128 e. The zero-order valence-corrected chi connectivity index (χ0v) is 12.3. The highest BCUT2D eigenvalue weighted by Gasteiger charge is 2.17. The number of benzene rings is 1. The van der Waals surface area contributed by atoms with Crippen LogP contribution in [0.25, 0.3) is 0 Å². The predicted molar refractivity (Wildman–Crippen MR) is 78.1 cm³/mol. The number of nitrogens with two attached hydrogens (primary N) is 1. The van der Waals surface area contributed by atoms with Crippen molar-refractivity contribution in [1.29, 1.82) is 0 Å². The largest absolute Gasteiger partial charge is 0.383 e. The molecule has 0 bridgehead atoms. The molecule has 0 spiro atoms. The van der Waals surface area contributed by atoms with Crippen molar-refractivity contribution < 1.29 is 9.13 Å². The molecule has 108 valence electrons. The summed E-state index contributed by atoms with van der Waals surface area (Å²) in [5, 5.41) is 0. The molecule has 0 aromatic heterocycles. The minimum Gasteiger partial charge on any atom is -0.383 e. The van der Waals surface area contributed by atoms with Crippen molar-refractivity contribution in [3.63, 3.8) is 0 Å². The summed E-state index contributed by atoms with van der Waals surface area (Å²) in [6.07, 6.45) is 0.540. The van der Waals surface area contributed by atoms with E-state index in [0.29, 0.717) is 18.6 Å². The van der Waals surface area contributed by atoms with Crippen LogP contribution in [-0.4, -0.2) is 32.3 Å². The van der Waals surface area contributed by atoms with Crippen molar-refractivity contribution in [2.24, 2.45) is 5.73 Å². The molecule has 1 atom stereocenters. The molecular weight excluding hydrogens is 243 g/mol. The van der Waals surface area contributed by atoms with Crippen molar-refractivity contribution in [2.75, 3.05) is 25.2 Å². The molecule has 0 aliphatic heterocycles. The van der Waals surface area contributed by atoms with Gasteiger partial charge in [-0.2, -0.15) is 0 Å². The number of anilines is 1. The smallest absolute Gasteiger partial charge is 0.128 e. The van der Waals surface area contributed by atoms with Crippen molar-refractivity contribution in [1.82, 2.24) is 0 Å². The number of hydrogen-bond acceptors (Lipinski definition) is 3. The summed E-state index contributed by atoms with van der Waals surface area (Å²) in [4.78, 5) is 2.16. The molecule has 4 heteroatoms. The molecule has 0 amide bonds. The quantitative estimate of drug-likeness (QED) is 0.826. The Kier molecular flexibility index (Phi) is 6.25. The van der Waals surface area contributed by atoms with Crippen molar-refractivity contribution in [2.45, 2.75) is 39.3 Å². The van der Waals surface area contributed by atoms with E-state index in [1.807, 2.05) is 13.0 Å². The monoisotopic (exact) mass is 268 g/mol. The second kappa shape index (κ2) is 7.46. The number of ether oxygens (including phenoxy) is 1. The second-order valence-electron chi connectivity index (χ2n) is 5.20. The Hall–Kier alpha value is -1.13. The predicted octanol–water partition coefficient (Wildman–Crippen LogP) is 2.58.